The zero-order valence-electron chi connectivity index (χ0n) is 10.2. The molecule has 0 radical (unpaired) electrons. The van der Waals surface area contributed by atoms with Crippen LogP contribution in [0.1, 0.15) is 15.4 Å². The SMILES string of the molecule is Cc1nc(N)sc1C(=O)Nc1cc(F)ccc1[N+](=O)[O-]. The summed E-state index contributed by atoms with van der Waals surface area (Å²) in [5, 5.41) is 13.3. The van der Waals surface area contributed by atoms with Gasteiger partial charge in [-0.2, -0.15) is 0 Å². The number of nitro benzene ring substituents is 1. The number of nitrogen functional groups attached to an aromatic ring is 1. The van der Waals surface area contributed by atoms with Gasteiger partial charge in [0.05, 0.1) is 10.6 Å². The van der Waals surface area contributed by atoms with Crippen LogP contribution in [0.5, 0.6) is 0 Å². The molecule has 0 spiro atoms. The van der Waals surface area contributed by atoms with Crippen LogP contribution in [-0.2, 0) is 0 Å². The Morgan fingerprint density at radius 2 is 2.25 bits per heavy atom. The fraction of sp³-hybridized carbons (Fsp3) is 0.0909. The molecule has 0 saturated carbocycles. The maximum atomic E-state index is 13.1. The number of aromatic nitrogens is 1. The Bertz CT molecular complexity index is 701. The predicted molar refractivity (Wildman–Crippen MR) is 72.3 cm³/mol. The van der Waals surface area contributed by atoms with Crippen LogP contribution in [0.3, 0.4) is 0 Å². The third-order valence-electron chi connectivity index (χ3n) is 2.42. The predicted octanol–water partition coefficient (Wildman–Crippen LogP) is 2.33. The lowest BCUT2D eigenvalue weighted by molar-refractivity contribution is -0.384. The maximum Gasteiger partial charge on any atom is 0.292 e. The number of hydrogen-bond donors (Lipinski definition) is 2. The molecule has 2 rings (SSSR count). The van der Waals surface area contributed by atoms with Crippen LogP contribution in [0.25, 0.3) is 0 Å². The van der Waals surface area contributed by atoms with Gasteiger partial charge in [-0.3, -0.25) is 14.9 Å². The van der Waals surface area contributed by atoms with Gasteiger partial charge < -0.3 is 11.1 Å². The number of nitrogens with one attached hydrogen (secondary N) is 1. The average molecular weight is 296 g/mol. The van der Waals surface area contributed by atoms with Gasteiger partial charge >= 0.3 is 0 Å². The second kappa shape index (κ2) is 5.21. The minimum Gasteiger partial charge on any atom is -0.375 e. The van der Waals surface area contributed by atoms with E-state index in [0.717, 1.165) is 29.5 Å². The van der Waals surface area contributed by atoms with Crippen molar-refractivity contribution in [1.82, 2.24) is 4.98 Å². The van der Waals surface area contributed by atoms with Gasteiger partial charge in [0.15, 0.2) is 5.13 Å². The van der Waals surface area contributed by atoms with Crippen molar-refractivity contribution in [2.45, 2.75) is 6.92 Å². The van der Waals surface area contributed by atoms with Crippen molar-refractivity contribution < 1.29 is 14.1 Å². The first-order valence-corrected chi connectivity index (χ1v) is 6.18. The lowest BCUT2D eigenvalue weighted by atomic mass is 10.2. The standard InChI is InChI=1S/C11H9FN4O3S/c1-5-9(20-11(13)14-5)10(17)15-7-4-6(12)2-3-8(7)16(18)19/h2-4H,1H3,(H2,13,14)(H,15,17). The number of amides is 1. The number of nitrogens with two attached hydrogens (primary N) is 1. The molecular formula is C11H9FN4O3S. The molecule has 1 amide bonds. The van der Waals surface area contributed by atoms with Crippen molar-refractivity contribution in [3.8, 4) is 0 Å². The number of halogens is 1. The Morgan fingerprint density at radius 1 is 1.55 bits per heavy atom. The highest BCUT2D eigenvalue weighted by Gasteiger charge is 2.20. The summed E-state index contributed by atoms with van der Waals surface area (Å²) in [5.74, 6) is -1.31. The molecule has 0 aliphatic heterocycles. The van der Waals surface area contributed by atoms with Gasteiger partial charge in [-0.25, -0.2) is 9.37 Å². The quantitative estimate of drug-likeness (QED) is 0.667. The van der Waals surface area contributed by atoms with Crippen molar-refractivity contribution >= 4 is 33.8 Å². The van der Waals surface area contributed by atoms with Gasteiger partial charge in [0, 0.05) is 12.1 Å². The fourth-order valence-corrected chi connectivity index (χ4v) is 2.30. The third kappa shape index (κ3) is 2.72. The second-order valence-corrected chi connectivity index (χ2v) is 4.87. The zero-order valence-corrected chi connectivity index (χ0v) is 11.0. The van der Waals surface area contributed by atoms with Crippen LogP contribution in [-0.4, -0.2) is 15.8 Å². The van der Waals surface area contributed by atoms with Crippen LogP contribution < -0.4 is 11.1 Å². The fourth-order valence-electron chi connectivity index (χ4n) is 1.57. The van der Waals surface area contributed by atoms with Crippen LogP contribution >= 0.6 is 11.3 Å². The van der Waals surface area contributed by atoms with Crippen LogP contribution in [0, 0.1) is 22.9 Å². The monoisotopic (exact) mass is 296 g/mol. The molecule has 104 valence electrons. The van der Waals surface area contributed by atoms with Crippen LogP contribution in [0.15, 0.2) is 18.2 Å². The van der Waals surface area contributed by atoms with E-state index < -0.39 is 22.3 Å². The highest BCUT2D eigenvalue weighted by molar-refractivity contribution is 7.17. The largest absolute Gasteiger partial charge is 0.375 e. The highest BCUT2D eigenvalue weighted by Crippen LogP contribution is 2.27. The van der Waals surface area contributed by atoms with Crippen molar-refractivity contribution in [3.63, 3.8) is 0 Å². The molecule has 0 unspecified atom stereocenters. The van der Waals surface area contributed by atoms with E-state index in [9.17, 15) is 19.3 Å². The van der Waals surface area contributed by atoms with Crippen LogP contribution in [0.2, 0.25) is 0 Å². The van der Waals surface area contributed by atoms with E-state index in [1.807, 2.05) is 0 Å². The van der Waals surface area contributed by atoms with Crippen molar-refractivity contribution in [2.24, 2.45) is 0 Å². The molecule has 0 bridgehead atoms. The number of benzene rings is 1. The van der Waals surface area contributed by atoms with Gasteiger partial charge in [0.25, 0.3) is 11.6 Å². The lowest BCUT2D eigenvalue weighted by Gasteiger charge is -2.05. The van der Waals surface area contributed by atoms with E-state index >= 15 is 0 Å². The van der Waals surface area contributed by atoms with Crippen LogP contribution in [0.4, 0.5) is 20.9 Å². The minimum atomic E-state index is -0.705. The summed E-state index contributed by atoms with van der Waals surface area (Å²) in [4.78, 5) is 26.2. The maximum absolute atomic E-state index is 13.1. The number of aryl methyl sites for hydroxylation is 1. The van der Waals surface area contributed by atoms with Gasteiger partial charge in [-0.15, -0.1) is 0 Å². The van der Waals surface area contributed by atoms with E-state index in [0.29, 0.717) is 5.69 Å². The van der Waals surface area contributed by atoms with E-state index in [-0.39, 0.29) is 15.7 Å². The molecular weight excluding hydrogens is 287 g/mol. The first-order valence-electron chi connectivity index (χ1n) is 5.36. The Morgan fingerprint density at radius 3 is 2.80 bits per heavy atom. The van der Waals surface area contributed by atoms with Gasteiger partial charge in [0.2, 0.25) is 0 Å². The normalized spacial score (nSPS) is 10.3. The Labute approximate surface area is 116 Å². The number of carbonyl (C=O) groups excluding carboxylic acids is 1. The van der Waals surface area contributed by atoms with Gasteiger partial charge in [-0.1, -0.05) is 11.3 Å². The third-order valence-corrected chi connectivity index (χ3v) is 3.41. The topological polar surface area (TPSA) is 111 Å². The Kier molecular flexibility index (Phi) is 3.61. The number of thiazole rings is 1. The second-order valence-electron chi connectivity index (χ2n) is 3.84. The minimum absolute atomic E-state index is 0.210. The number of anilines is 2. The Hall–Kier alpha value is -2.55. The zero-order chi connectivity index (χ0) is 14.9. The molecule has 1 aromatic heterocycles. The molecule has 20 heavy (non-hydrogen) atoms. The number of hydrogen-bond acceptors (Lipinski definition) is 6. The summed E-state index contributed by atoms with van der Waals surface area (Å²) in [6.07, 6.45) is 0. The summed E-state index contributed by atoms with van der Waals surface area (Å²) >= 11 is 0.951. The Balaban J connectivity index is 2.34. The molecule has 0 atom stereocenters. The molecule has 9 heteroatoms. The summed E-state index contributed by atoms with van der Waals surface area (Å²) in [6, 6.07) is 2.82. The molecule has 1 heterocycles. The summed E-state index contributed by atoms with van der Waals surface area (Å²) < 4.78 is 13.1. The molecule has 7 nitrogen and oxygen atoms in total. The lowest BCUT2D eigenvalue weighted by Crippen LogP contribution is -2.13. The van der Waals surface area contributed by atoms with E-state index in [4.69, 9.17) is 5.73 Å². The molecule has 2 aromatic rings. The van der Waals surface area contributed by atoms with E-state index in [1.54, 1.807) is 6.92 Å². The number of nitrogens with zero attached hydrogens (tertiary/aromatic N) is 2. The average Bonchev–Trinajstić information content (AvgIpc) is 2.68. The first-order chi connectivity index (χ1) is 9.38. The number of nitro groups is 1. The molecule has 0 aliphatic rings. The van der Waals surface area contributed by atoms with Gasteiger partial charge in [-0.05, 0) is 13.0 Å². The van der Waals surface area contributed by atoms with E-state index in [2.05, 4.69) is 10.3 Å². The summed E-state index contributed by atoms with van der Waals surface area (Å²) in [5.41, 5.74) is 5.27. The molecule has 0 fully saturated rings. The van der Waals surface area contributed by atoms with Crippen molar-refractivity contribution in [2.75, 3.05) is 11.1 Å². The smallest absolute Gasteiger partial charge is 0.292 e. The van der Waals surface area contributed by atoms with Crippen molar-refractivity contribution in [1.29, 1.82) is 0 Å². The highest BCUT2D eigenvalue weighted by atomic mass is 32.1. The summed E-state index contributed by atoms with van der Waals surface area (Å²) in [7, 11) is 0. The number of rotatable bonds is 3. The molecule has 0 saturated heterocycles. The van der Waals surface area contributed by atoms with Crippen molar-refractivity contribution in [3.05, 3.63) is 44.7 Å². The summed E-state index contributed by atoms with van der Waals surface area (Å²) in [6.45, 7) is 1.59. The number of carbonyl (C=O) groups is 1. The first kappa shape index (κ1) is 13.9. The van der Waals surface area contributed by atoms with Gasteiger partial charge in [0.1, 0.15) is 16.4 Å². The molecule has 3 N–H and O–H groups in total. The molecule has 0 aliphatic carbocycles. The molecule has 1 aromatic carbocycles. The van der Waals surface area contributed by atoms with E-state index in [1.165, 1.54) is 0 Å².